The normalized spacial score (nSPS) is 19.6. The molecule has 0 aliphatic carbocycles. The van der Waals surface area contributed by atoms with Gasteiger partial charge in [0, 0.05) is 23.2 Å². The fourth-order valence-electron chi connectivity index (χ4n) is 2.80. The van der Waals surface area contributed by atoms with Gasteiger partial charge in [-0.2, -0.15) is 0 Å². The van der Waals surface area contributed by atoms with E-state index in [2.05, 4.69) is 20.6 Å². The van der Waals surface area contributed by atoms with Crippen LogP contribution in [0.1, 0.15) is 24.8 Å². The zero-order valence-corrected chi connectivity index (χ0v) is 13.4. The number of hydrogen-bond donors (Lipinski definition) is 2. The number of piperidine rings is 1. The van der Waals surface area contributed by atoms with Crippen LogP contribution in [0.15, 0.2) is 27.8 Å². The second kappa shape index (κ2) is 7.02. The summed E-state index contributed by atoms with van der Waals surface area (Å²) in [7, 11) is 0. The number of allylic oxidation sites excluding steroid dienone is 1. The molecule has 2 N–H and O–H groups in total. The van der Waals surface area contributed by atoms with E-state index in [-0.39, 0.29) is 5.97 Å². The summed E-state index contributed by atoms with van der Waals surface area (Å²) >= 11 is 1.54. The highest BCUT2D eigenvalue weighted by atomic mass is 32.1. The van der Waals surface area contributed by atoms with Gasteiger partial charge in [0.1, 0.15) is 0 Å². The van der Waals surface area contributed by atoms with Gasteiger partial charge in [-0.25, -0.2) is 9.78 Å². The number of aliphatic imine (C=N–C) groups is 1. The summed E-state index contributed by atoms with van der Waals surface area (Å²) in [4.78, 5) is 21.0. The minimum Gasteiger partial charge on any atom is -0.463 e. The van der Waals surface area contributed by atoms with E-state index in [1.807, 2.05) is 12.3 Å². The Morgan fingerprint density at radius 3 is 2.95 bits per heavy atom. The van der Waals surface area contributed by atoms with Crippen molar-refractivity contribution in [2.45, 2.75) is 19.8 Å². The van der Waals surface area contributed by atoms with E-state index in [4.69, 9.17) is 4.74 Å². The van der Waals surface area contributed by atoms with Crippen LogP contribution >= 0.6 is 11.3 Å². The smallest absolute Gasteiger partial charge is 0.337 e. The summed E-state index contributed by atoms with van der Waals surface area (Å²) in [6.07, 6.45) is 3.78. The van der Waals surface area contributed by atoms with Gasteiger partial charge < -0.3 is 15.4 Å². The molecule has 0 bridgehead atoms. The first kappa shape index (κ1) is 15.2. The molecule has 0 spiro atoms. The van der Waals surface area contributed by atoms with Crippen LogP contribution in [0.4, 0.5) is 0 Å². The fourth-order valence-corrected chi connectivity index (χ4v) is 3.40. The average Bonchev–Trinajstić information content (AvgIpc) is 3.10. The topological polar surface area (TPSA) is 75.6 Å². The third-order valence-electron chi connectivity index (χ3n) is 3.88. The molecule has 0 saturated carbocycles. The predicted molar refractivity (Wildman–Crippen MR) is 85.9 cm³/mol. The number of amidine groups is 1. The van der Waals surface area contributed by atoms with Crippen LogP contribution in [0.25, 0.3) is 0 Å². The Kier molecular flexibility index (Phi) is 4.84. The lowest BCUT2D eigenvalue weighted by molar-refractivity contribution is -0.138. The first-order valence-electron chi connectivity index (χ1n) is 7.61. The van der Waals surface area contributed by atoms with Gasteiger partial charge in [0.15, 0.2) is 10.8 Å². The Morgan fingerprint density at radius 2 is 2.27 bits per heavy atom. The minimum absolute atomic E-state index is 0.259. The van der Waals surface area contributed by atoms with Crippen molar-refractivity contribution in [3.63, 3.8) is 0 Å². The van der Waals surface area contributed by atoms with Crippen molar-refractivity contribution < 1.29 is 9.53 Å². The summed E-state index contributed by atoms with van der Waals surface area (Å²) in [5.41, 5.74) is 1.63. The van der Waals surface area contributed by atoms with Gasteiger partial charge in [-0.3, -0.25) is 4.99 Å². The largest absolute Gasteiger partial charge is 0.463 e. The molecule has 118 valence electrons. The number of carbonyl (C=O) groups excluding carboxylic acids is 1. The molecule has 3 rings (SSSR count). The van der Waals surface area contributed by atoms with Crippen LogP contribution in [-0.4, -0.2) is 43.0 Å². The number of nitrogens with one attached hydrogen (secondary N) is 2. The van der Waals surface area contributed by atoms with Crippen LogP contribution in [0.5, 0.6) is 0 Å². The number of aromatic nitrogens is 1. The van der Waals surface area contributed by atoms with E-state index < -0.39 is 0 Å². The highest BCUT2D eigenvalue weighted by Gasteiger charge is 2.29. The maximum absolute atomic E-state index is 12.2. The van der Waals surface area contributed by atoms with Crippen LogP contribution in [0.3, 0.4) is 0 Å². The molecule has 0 atom stereocenters. The van der Waals surface area contributed by atoms with Crippen molar-refractivity contribution in [2.75, 3.05) is 26.2 Å². The molecule has 1 fully saturated rings. The molecule has 1 saturated heterocycles. The van der Waals surface area contributed by atoms with Crippen molar-refractivity contribution in [1.29, 1.82) is 0 Å². The standard InChI is InChI=1S/C15H20N4O2S/c1-2-21-15(20)11-9-18-13(14-17-7-8-22-14)19-12(11)10-3-5-16-6-4-10/h7-8,10,16H,2-6,9H2,1H3,(H,18,19). The van der Waals surface area contributed by atoms with Crippen LogP contribution < -0.4 is 10.6 Å². The first-order chi connectivity index (χ1) is 10.8. The Balaban J connectivity index is 1.86. The summed E-state index contributed by atoms with van der Waals surface area (Å²) in [6.45, 7) is 4.50. The van der Waals surface area contributed by atoms with Crippen LogP contribution in [0.2, 0.25) is 0 Å². The maximum atomic E-state index is 12.2. The molecular formula is C15H20N4O2S. The van der Waals surface area contributed by atoms with E-state index in [0.717, 1.165) is 42.5 Å². The summed E-state index contributed by atoms with van der Waals surface area (Å²) in [5.74, 6) is 0.841. The van der Waals surface area contributed by atoms with Gasteiger partial charge >= 0.3 is 5.97 Å². The van der Waals surface area contributed by atoms with Crippen molar-refractivity contribution in [3.05, 3.63) is 27.9 Å². The predicted octanol–water partition coefficient (Wildman–Crippen LogP) is 1.31. The van der Waals surface area contributed by atoms with Gasteiger partial charge in [0.05, 0.1) is 18.7 Å². The lowest BCUT2D eigenvalue weighted by Gasteiger charge is -2.30. The molecule has 22 heavy (non-hydrogen) atoms. The van der Waals surface area contributed by atoms with E-state index in [1.165, 1.54) is 0 Å². The number of esters is 1. The monoisotopic (exact) mass is 320 g/mol. The lowest BCUT2D eigenvalue weighted by Crippen LogP contribution is -2.39. The number of ether oxygens (including phenoxy) is 1. The third kappa shape index (κ3) is 3.20. The first-order valence-corrected chi connectivity index (χ1v) is 8.49. The Hall–Kier alpha value is -1.73. The molecular weight excluding hydrogens is 300 g/mol. The number of hydrogen-bond acceptors (Lipinski definition) is 7. The van der Waals surface area contributed by atoms with Crippen molar-refractivity contribution in [3.8, 4) is 0 Å². The van der Waals surface area contributed by atoms with Gasteiger partial charge in [-0.15, -0.1) is 11.3 Å². The summed E-state index contributed by atoms with van der Waals surface area (Å²) < 4.78 is 5.19. The Bertz CT molecular complexity index is 589. The average molecular weight is 320 g/mol. The quantitative estimate of drug-likeness (QED) is 0.818. The zero-order chi connectivity index (χ0) is 15.4. The van der Waals surface area contributed by atoms with Gasteiger partial charge in [-0.1, -0.05) is 0 Å². The summed E-state index contributed by atoms with van der Waals surface area (Å²) in [6, 6.07) is 0. The van der Waals surface area contributed by atoms with Crippen molar-refractivity contribution in [2.24, 2.45) is 10.9 Å². The van der Waals surface area contributed by atoms with Crippen LogP contribution in [0, 0.1) is 5.92 Å². The van der Waals surface area contributed by atoms with Crippen LogP contribution in [-0.2, 0) is 9.53 Å². The second-order valence-electron chi connectivity index (χ2n) is 5.26. The number of thiazole rings is 1. The van der Waals surface area contributed by atoms with Gasteiger partial charge in [0.2, 0.25) is 0 Å². The third-order valence-corrected chi connectivity index (χ3v) is 4.66. The molecule has 3 heterocycles. The number of nitrogens with zero attached hydrogens (tertiary/aromatic N) is 2. The van der Waals surface area contributed by atoms with E-state index in [0.29, 0.717) is 24.6 Å². The van der Waals surface area contributed by atoms with Crippen molar-refractivity contribution >= 4 is 23.1 Å². The minimum atomic E-state index is -0.259. The number of carbonyl (C=O) groups is 1. The fraction of sp³-hybridized carbons (Fsp3) is 0.533. The Morgan fingerprint density at radius 1 is 1.45 bits per heavy atom. The molecule has 6 nitrogen and oxygen atoms in total. The molecule has 2 aliphatic heterocycles. The molecule has 7 heteroatoms. The Labute approximate surface area is 133 Å². The van der Waals surface area contributed by atoms with Gasteiger partial charge in [-0.05, 0) is 32.9 Å². The van der Waals surface area contributed by atoms with E-state index in [1.54, 1.807) is 17.5 Å². The maximum Gasteiger partial charge on any atom is 0.337 e. The molecule has 1 aromatic rings. The lowest BCUT2D eigenvalue weighted by atomic mass is 9.90. The highest BCUT2D eigenvalue weighted by Crippen LogP contribution is 2.26. The van der Waals surface area contributed by atoms with Crippen molar-refractivity contribution in [1.82, 2.24) is 15.6 Å². The SMILES string of the molecule is CCOC(=O)C1=C(C2CCNCC2)NC(c2nccs2)=NC1. The highest BCUT2D eigenvalue weighted by molar-refractivity contribution is 7.11. The molecule has 1 aromatic heterocycles. The number of rotatable bonds is 4. The van der Waals surface area contributed by atoms with E-state index in [9.17, 15) is 4.79 Å². The molecule has 2 aliphatic rings. The second-order valence-corrected chi connectivity index (χ2v) is 6.16. The van der Waals surface area contributed by atoms with E-state index >= 15 is 0 Å². The molecule has 0 radical (unpaired) electrons. The molecule has 0 aromatic carbocycles. The summed E-state index contributed by atoms with van der Waals surface area (Å²) in [5, 5.41) is 9.50. The molecule has 0 unspecified atom stereocenters. The molecule has 0 amide bonds. The van der Waals surface area contributed by atoms with Gasteiger partial charge in [0.25, 0.3) is 0 Å². The zero-order valence-electron chi connectivity index (χ0n) is 12.6.